The van der Waals surface area contributed by atoms with Crippen molar-refractivity contribution in [3.05, 3.63) is 22.2 Å². The van der Waals surface area contributed by atoms with E-state index < -0.39 is 5.41 Å². The minimum absolute atomic E-state index is 0. The van der Waals surface area contributed by atoms with Crippen LogP contribution in [0.5, 0.6) is 11.5 Å². The Bertz CT molecular complexity index is 523. The first-order chi connectivity index (χ1) is 9.40. The highest BCUT2D eigenvalue weighted by Gasteiger charge is 2.24. The molecule has 7 heteroatoms. The molecule has 1 aromatic carbocycles. The van der Waals surface area contributed by atoms with Crippen molar-refractivity contribution in [2.75, 3.05) is 19.8 Å². The summed E-state index contributed by atoms with van der Waals surface area (Å²) in [7, 11) is 0. The van der Waals surface area contributed by atoms with Gasteiger partial charge in [-0.1, -0.05) is 0 Å². The summed E-state index contributed by atoms with van der Waals surface area (Å²) in [5.74, 6) is 1.18. The van der Waals surface area contributed by atoms with Crippen LogP contribution in [0, 0.1) is 5.41 Å². The van der Waals surface area contributed by atoms with Crippen LogP contribution in [-0.4, -0.2) is 25.7 Å². The van der Waals surface area contributed by atoms with Crippen LogP contribution in [0.2, 0.25) is 0 Å². The van der Waals surface area contributed by atoms with Gasteiger partial charge in [-0.25, -0.2) is 0 Å². The number of ether oxygens (including phenoxy) is 2. The van der Waals surface area contributed by atoms with Gasteiger partial charge in [0.05, 0.1) is 9.89 Å². The molecule has 0 unspecified atom stereocenters. The number of benzene rings is 1. The van der Waals surface area contributed by atoms with Gasteiger partial charge in [-0.2, -0.15) is 0 Å². The van der Waals surface area contributed by atoms with E-state index in [9.17, 15) is 4.79 Å². The van der Waals surface area contributed by atoms with Crippen molar-refractivity contribution in [2.45, 2.75) is 20.4 Å². The summed E-state index contributed by atoms with van der Waals surface area (Å²) in [5.41, 5.74) is 5.83. The molecule has 0 spiro atoms. The lowest BCUT2D eigenvalue weighted by Gasteiger charge is -2.22. The van der Waals surface area contributed by atoms with Crippen molar-refractivity contribution < 1.29 is 14.3 Å². The van der Waals surface area contributed by atoms with E-state index in [2.05, 4.69) is 21.2 Å². The number of carbonyl (C=O) groups excluding carboxylic acids is 1. The molecule has 1 aromatic rings. The maximum absolute atomic E-state index is 11.2. The summed E-state index contributed by atoms with van der Waals surface area (Å²) in [6, 6.07) is 3.93. The van der Waals surface area contributed by atoms with Crippen molar-refractivity contribution in [2.24, 2.45) is 11.1 Å². The third-order valence-electron chi connectivity index (χ3n) is 3.22. The number of primary amides is 1. The molecule has 21 heavy (non-hydrogen) atoms. The normalized spacial score (nSPS) is 13.5. The van der Waals surface area contributed by atoms with Crippen LogP contribution in [0.1, 0.15) is 19.4 Å². The fourth-order valence-corrected chi connectivity index (χ4v) is 2.48. The summed E-state index contributed by atoms with van der Waals surface area (Å²) in [6.45, 7) is 5.92. The van der Waals surface area contributed by atoms with E-state index in [0.717, 1.165) is 21.5 Å². The predicted molar refractivity (Wildman–Crippen MR) is 87.1 cm³/mol. The zero-order chi connectivity index (χ0) is 14.8. The zero-order valence-electron chi connectivity index (χ0n) is 12.1. The van der Waals surface area contributed by atoms with Crippen molar-refractivity contribution in [3.63, 3.8) is 0 Å². The van der Waals surface area contributed by atoms with Crippen LogP contribution >= 0.6 is 28.3 Å². The standard InChI is InChI=1S/C14H19BrN2O3.ClH/c1-14(2,13(16)18)8-17-7-9-5-10(15)12-11(6-9)19-3-4-20-12;/h5-6,17H,3-4,7-8H2,1-2H3,(H2,16,18);1H. The van der Waals surface area contributed by atoms with Gasteiger partial charge in [-0.05, 0) is 47.5 Å². The highest BCUT2D eigenvalue weighted by atomic mass is 79.9. The molecule has 0 radical (unpaired) electrons. The Morgan fingerprint density at radius 2 is 2.05 bits per heavy atom. The van der Waals surface area contributed by atoms with Crippen molar-refractivity contribution in [3.8, 4) is 11.5 Å². The molecule has 3 N–H and O–H groups in total. The molecule has 5 nitrogen and oxygen atoms in total. The van der Waals surface area contributed by atoms with E-state index in [1.807, 2.05) is 26.0 Å². The zero-order valence-corrected chi connectivity index (χ0v) is 14.5. The smallest absolute Gasteiger partial charge is 0.224 e. The van der Waals surface area contributed by atoms with Crippen LogP contribution < -0.4 is 20.5 Å². The molecule has 1 aliphatic heterocycles. The molecular weight excluding hydrogens is 360 g/mol. The summed E-state index contributed by atoms with van der Waals surface area (Å²) in [5, 5.41) is 3.24. The first-order valence-corrected chi connectivity index (χ1v) is 7.28. The van der Waals surface area contributed by atoms with Crippen molar-refractivity contribution in [1.82, 2.24) is 5.32 Å². The van der Waals surface area contributed by atoms with Crippen LogP contribution in [0.15, 0.2) is 16.6 Å². The Kier molecular flexibility index (Phi) is 6.31. The fraction of sp³-hybridized carbons (Fsp3) is 0.500. The molecule has 0 saturated carbocycles. The molecule has 0 aliphatic carbocycles. The maximum atomic E-state index is 11.2. The Hall–Kier alpha value is -0.980. The largest absolute Gasteiger partial charge is 0.486 e. The van der Waals surface area contributed by atoms with E-state index in [0.29, 0.717) is 26.3 Å². The first-order valence-electron chi connectivity index (χ1n) is 6.49. The Morgan fingerprint density at radius 1 is 1.38 bits per heavy atom. The number of nitrogens with one attached hydrogen (secondary N) is 1. The lowest BCUT2D eigenvalue weighted by molar-refractivity contribution is -0.125. The third-order valence-corrected chi connectivity index (χ3v) is 3.81. The Morgan fingerprint density at radius 3 is 2.71 bits per heavy atom. The molecule has 118 valence electrons. The van der Waals surface area contributed by atoms with Gasteiger partial charge in [0.25, 0.3) is 0 Å². The fourth-order valence-electron chi connectivity index (χ4n) is 1.87. The van der Waals surface area contributed by atoms with Gasteiger partial charge >= 0.3 is 0 Å². The second-order valence-electron chi connectivity index (χ2n) is 5.45. The van der Waals surface area contributed by atoms with E-state index in [4.69, 9.17) is 15.2 Å². The molecule has 0 saturated heterocycles. The number of halogens is 2. The maximum Gasteiger partial charge on any atom is 0.224 e. The monoisotopic (exact) mass is 378 g/mol. The van der Waals surface area contributed by atoms with E-state index in [1.54, 1.807) is 0 Å². The Balaban J connectivity index is 0.00000220. The molecule has 0 atom stereocenters. The van der Waals surface area contributed by atoms with E-state index in [1.165, 1.54) is 0 Å². The van der Waals surface area contributed by atoms with Crippen LogP contribution in [0.3, 0.4) is 0 Å². The topological polar surface area (TPSA) is 73.6 Å². The lowest BCUT2D eigenvalue weighted by Crippen LogP contribution is -2.40. The second kappa shape index (κ2) is 7.33. The van der Waals surface area contributed by atoms with Gasteiger partial charge in [-0.3, -0.25) is 4.79 Å². The highest BCUT2D eigenvalue weighted by molar-refractivity contribution is 9.10. The summed E-state index contributed by atoms with van der Waals surface area (Å²) < 4.78 is 12.0. The van der Waals surface area contributed by atoms with Gasteiger partial charge in [0, 0.05) is 13.1 Å². The molecular formula is C14H20BrClN2O3. The number of nitrogens with two attached hydrogens (primary N) is 1. The van der Waals surface area contributed by atoms with E-state index >= 15 is 0 Å². The molecule has 1 aliphatic rings. The number of amides is 1. The lowest BCUT2D eigenvalue weighted by atomic mass is 9.93. The summed E-state index contributed by atoms with van der Waals surface area (Å²) >= 11 is 3.48. The van der Waals surface area contributed by atoms with Gasteiger partial charge < -0.3 is 20.5 Å². The first kappa shape index (κ1) is 18.1. The minimum atomic E-state index is -0.564. The summed E-state index contributed by atoms with van der Waals surface area (Å²) in [6.07, 6.45) is 0. The Labute approximate surface area is 139 Å². The van der Waals surface area contributed by atoms with Crippen LogP contribution in [0.25, 0.3) is 0 Å². The number of hydrogen-bond donors (Lipinski definition) is 2. The number of fused-ring (bicyclic) bond motifs is 1. The SMILES string of the molecule is CC(C)(CNCc1cc(Br)c2c(c1)OCCO2)C(N)=O.Cl. The number of carbonyl (C=O) groups is 1. The average Bonchev–Trinajstić information content (AvgIpc) is 2.38. The van der Waals surface area contributed by atoms with Gasteiger partial charge in [-0.15, -0.1) is 12.4 Å². The summed E-state index contributed by atoms with van der Waals surface area (Å²) in [4.78, 5) is 11.2. The quantitative estimate of drug-likeness (QED) is 0.823. The van der Waals surface area contributed by atoms with Crippen LogP contribution in [-0.2, 0) is 11.3 Å². The molecule has 0 fully saturated rings. The average molecular weight is 380 g/mol. The predicted octanol–water partition coefficient (Wildman–Crippen LogP) is 2.24. The second-order valence-corrected chi connectivity index (χ2v) is 6.31. The number of rotatable bonds is 5. The van der Waals surface area contributed by atoms with Crippen LogP contribution in [0.4, 0.5) is 0 Å². The molecule has 0 bridgehead atoms. The number of hydrogen-bond acceptors (Lipinski definition) is 4. The minimum Gasteiger partial charge on any atom is -0.486 e. The van der Waals surface area contributed by atoms with Gasteiger partial charge in [0.15, 0.2) is 11.5 Å². The van der Waals surface area contributed by atoms with Gasteiger partial charge in [0.2, 0.25) is 5.91 Å². The molecule has 1 amide bonds. The highest BCUT2D eigenvalue weighted by Crippen LogP contribution is 2.38. The molecule has 0 aromatic heterocycles. The third kappa shape index (κ3) is 4.49. The van der Waals surface area contributed by atoms with Crippen molar-refractivity contribution in [1.29, 1.82) is 0 Å². The molecule has 2 rings (SSSR count). The molecule has 1 heterocycles. The van der Waals surface area contributed by atoms with E-state index in [-0.39, 0.29) is 18.3 Å². The van der Waals surface area contributed by atoms with Crippen molar-refractivity contribution >= 4 is 34.2 Å². The van der Waals surface area contributed by atoms with Gasteiger partial charge in [0.1, 0.15) is 13.2 Å².